The minimum atomic E-state index is -3.85. The number of carbonyl (C=O) groups excluding carboxylic acids is 2. The number of carbonyl (C=O) groups is 2. The lowest BCUT2D eigenvalue weighted by Crippen LogP contribution is -2.52. The number of hydrogen-bond donors (Lipinski definition) is 1. The molecule has 1 atom stereocenters. The van der Waals surface area contributed by atoms with Crippen molar-refractivity contribution in [1.82, 2.24) is 10.2 Å². The Morgan fingerprint density at radius 2 is 1.78 bits per heavy atom. The van der Waals surface area contributed by atoms with Gasteiger partial charge in [-0.2, -0.15) is 0 Å². The molecule has 0 bridgehead atoms. The maximum Gasteiger partial charge on any atom is 0.244 e. The van der Waals surface area contributed by atoms with Crippen LogP contribution in [0.4, 0.5) is 5.69 Å². The van der Waals surface area contributed by atoms with Crippen molar-refractivity contribution in [3.05, 3.63) is 58.6 Å². The third-order valence-corrected chi connectivity index (χ3v) is 7.23. The predicted octanol–water partition coefficient (Wildman–Crippen LogP) is 4.15. The Morgan fingerprint density at radius 3 is 2.31 bits per heavy atom. The number of ether oxygens (including phenoxy) is 1. The predicted molar refractivity (Wildman–Crippen MR) is 144 cm³/mol. The second kappa shape index (κ2) is 13.5. The molecule has 2 aromatic carbocycles. The standard InChI is InChI=1S/C26H36ClN3O5S/c1-6-8-15-28-26(32)23(7-2)29(17-20-11-9-19(3)10-12-20)25(31)18-30(36(5,33)34)21-13-14-24(35-4)22(27)16-21/h9-14,16,23H,6-8,15,17-18H2,1-5H3,(H,28,32). The van der Waals surface area contributed by atoms with Crippen LogP contribution in [0.25, 0.3) is 0 Å². The van der Waals surface area contributed by atoms with Gasteiger partial charge in [0.15, 0.2) is 0 Å². The number of nitrogens with one attached hydrogen (secondary N) is 1. The van der Waals surface area contributed by atoms with E-state index in [1.54, 1.807) is 6.07 Å². The van der Waals surface area contributed by atoms with Gasteiger partial charge in [-0.25, -0.2) is 8.42 Å². The zero-order valence-corrected chi connectivity index (χ0v) is 23.2. The van der Waals surface area contributed by atoms with Crippen LogP contribution in [0, 0.1) is 6.92 Å². The number of methoxy groups -OCH3 is 1. The molecule has 1 N–H and O–H groups in total. The Bertz CT molecular complexity index is 1140. The third kappa shape index (κ3) is 8.13. The van der Waals surface area contributed by atoms with E-state index >= 15 is 0 Å². The molecule has 2 amide bonds. The van der Waals surface area contributed by atoms with Crippen LogP contribution in [0.1, 0.15) is 44.2 Å². The first-order valence-electron chi connectivity index (χ1n) is 12.0. The highest BCUT2D eigenvalue weighted by Crippen LogP contribution is 2.30. The number of unbranched alkanes of at least 4 members (excludes halogenated alkanes) is 1. The van der Waals surface area contributed by atoms with Crippen molar-refractivity contribution in [2.45, 2.75) is 52.6 Å². The Labute approximate surface area is 219 Å². The van der Waals surface area contributed by atoms with E-state index in [-0.39, 0.29) is 23.2 Å². The van der Waals surface area contributed by atoms with E-state index in [9.17, 15) is 18.0 Å². The first-order valence-corrected chi connectivity index (χ1v) is 14.2. The van der Waals surface area contributed by atoms with Crippen LogP contribution in [0.3, 0.4) is 0 Å². The average molecular weight is 538 g/mol. The number of hydrogen-bond acceptors (Lipinski definition) is 5. The van der Waals surface area contributed by atoms with Crippen LogP contribution in [-0.4, -0.2) is 57.6 Å². The number of amides is 2. The zero-order valence-electron chi connectivity index (χ0n) is 21.6. The molecule has 198 valence electrons. The lowest BCUT2D eigenvalue weighted by Gasteiger charge is -2.33. The molecule has 0 saturated carbocycles. The summed E-state index contributed by atoms with van der Waals surface area (Å²) >= 11 is 6.22. The molecule has 0 radical (unpaired) electrons. The zero-order chi connectivity index (χ0) is 26.9. The summed E-state index contributed by atoms with van der Waals surface area (Å²) < 4.78 is 31.5. The van der Waals surface area contributed by atoms with Crippen molar-refractivity contribution in [3.63, 3.8) is 0 Å². The van der Waals surface area contributed by atoms with E-state index in [2.05, 4.69) is 5.32 Å². The number of rotatable bonds is 13. The summed E-state index contributed by atoms with van der Waals surface area (Å²) in [6.45, 7) is 6.02. The lowest BCUT2D eigenvalue weighted by molar-refractivity contribution is -0.140. The second-order valence-electron chi connectivity index (χ2n) is 8.66. The molecule has 0 spiro atoms. The fourth-order valence-corrected chi connectivity index (χ4v) is 4.83. The fourth-order valence-electron chi connectivity index (χ4n) is 3.74. The molecule has 0 aliphatic rings. The normalized spacial score (nSPS) is 12.1. The van der Waals surface area contributed by atoms with E-state index in [1.807, 2.05) is 45.0 Å². The summed E-state index contributed by atoms with van der Waals surface area (Å²) in [5.41, 5.74) is 2.14. The maximum absolute atomic E-state index is 13.7. The van der Waals surface area contributed by atoms with E-state index < -0.39 is 28.5 Å². The number of nitrogens with zero attached hydrogens (tertiary/aromatic N) is 2. The van der Waals surface area contributed by atoms with E-state index in [4.69, 9.17) is 16.3 Å². The molecule has 2 rings (SSSR count). The van der Waals surface area contributed by atoms with Gasteiger partial charge in [-0.3, -0.25) is 13.9 Å². The van der Waals surface area contributed by atoms with Crippen molar-refractivity contribution in [1.29, 1.82) is 0 Å². The summed E-state index contributed by atoms with van der Waals surface area (Å²) in [7, 11) is -2.39. The highest BCUT2D eigenvalue weighted by atomic mass is 35.5. The van der Waals surface area contributed by atoms with Gasteiger partial charge in [-0.05, 0) is 43.5 Å². The van der Waals surface area contributed by atoms with Crippen molar-refractivity contribution < 1.29 is 22.7 Å². The Balaban J connectivity index is 2.42. The molecular formula is C26H36ClN3O5S. The lowest BCUT2D eigenvalue weighted by atomic mass is 10.1. The fraction of sp³-hybridized carbons (Fsp3) is 0.462. The van der Waals surface area contributed by atoms with Gasteiger partial charge >= 0.3 is 0 Å². The van der Waals surface area contributed by atoms with Gasteiger partial charge in [0.1, 0.15) is 18.3 Å². The van der Waals surface area contributed by atoms with Crippen molar-refractivity contribution in [2.75, 3.05) is 30.8 Å². The number of aryl methyl sites for hydroxylation is 1. The van der Waals surface area contributed by atoms with Crippen molar-refractivity contribution in [2.24, 2.45) is 0 Å². The number of anilines is 1. The smallest absolute Gasteiger partial charge is 0.244 e. The van der Waals surface area contributed by atoms with Gasteiger partial charge in [-0.1, -0.05) is 61.7 Å². The highest BCUT2D eigenvalue weighted by Gasteiger charge is 2.31. The molecule has 0 saturated heterocycles. The molecule has 0 fully saturated rings. The number of halogens is 1. The monoisotopic (exact) mass is 537 g/mol. The van der Waals surface area contributed by atoms with Crippen LogP contribution in [0.5, 0.6) is 5.75 Å². The van der Waals surface area contributed by atoms with E-state index in [0.717, 1.165) is 34.5 Å². The SMILES string of the molecule is CCCCNC(=O)C(CC)N(Cc1ccc(C)cc1)C(=O)CN(c1ccc(OC)c(Cl)c1)S(C)(=O)=O. The van der Waals surface area contributed by atoms with Crippen LogP contribution >= 0.6 is 11.6 Å². The highest BCUT2D eigenvalue weighted by molar-refractivity contribution is 7.92. The quantitative estimate of drug-likeness (QED) is 0.387. The van der Waals surface area contributed by atoms with Crippen LogP contribution < -0.4 is 14.4 Å². The summed E-state index contributed by atoms with van der Waals surface area (Å²) in [5.74, 6) is -0.369. The molecule has 2 aromatic rings. The van der Waals surface area contributed by atoms with Crippen LogP contribution in [0.2, 0.25) is 5.02 Å². The van der Waals surface area contributed by atoms with E-state index in [0.29, 0.717) is 18.7 Å². The Morgan fingerprint density at radius 1 is 1.11 bits per heavy atom. The topological polar surface area (TPSA) is 96.0 Å². The summed E-state index contributed by atoms with van der Waals surface area (Å²) in [5, 5.41) is 3.12. The summed E-state index contributed by atoms with van der Waals surface area (Å²) in [6, 6.07) is 11.4. The number of benzene rings is 2. The largest absolute Gasteiger partial charge is 0.495 e. The maximum atomic E-state index is 13.7. The van der Waals surface area contributed by atoms with Gasteiger partial charge < -0.3 is 15.0 Å². The first kappa shape index (κ1) is 29.5. The van der Waals surface area contributed by atoms with Gasteiger partial charge in [0.05, 0.1) is 24.1 Å². The Kier molecular flexibility index (Phi) is 11.0. The molecule has 10 heteroatoms. The van der Waals surface area contributed by atoms with Gasteiger partial charge in [0, 0.05) is 13.1 Å². The van der Waals surface area contributed by atoms with Gasteiger partial charge in [0.2, 0.25) is 21.8 Å². The minimum Gasteiger partial charge on any atom is -0.495 e. The second-order valence-corrected chi connectivity index (χ2v) is 11.0. The van der Waals surface area contributed by atoms with Crippen LogP contribution in [0.15, 0.2) is 42.5 Å². The minimum absolute atomic E-state index is 0.166. The summed E-state index contributed by atoms with van der Waals surface area (Å²) in [4.78, 5) is 28.2. The van der Waals surface area contributed by atoms with Crippen LogP contribution in [-0.2, 0) is 26.2 Å². The molecule has 36 heavy (non-hydrogen) atoms. The molecule has 0 aliphatic heterocycles. The molecular weight excluding hydrogens is 502 g/mol. The summed E-state index contributed by atoms with van der Waals surface area (Å²) in [6.07, 6.45) is 3.16. The molecule has 0 heterocycles. The average Bonchev–Trinajstić information content (AvgIpc) is 2.83. The van der Waals surface area contributed by atoms with Crippen molar-refractivity contribution in [3.8, 4) is 5.75 Å². The molecule has 1 unspecified atom stereocenters. The Hall–Kier alpha value is -2.78. The number of sulfonamides is 1. The first-order chi connectivity index (χ1) is 17.0. The third-order valence-electron chi connectivity index (χ3n) is 5.79. The molecule has 0 aromatic heterocycles. The van der Waals surface area contributed by atoms with Gasteiger partial charge in [-0.15, -0.1) is 0 Å². The van der Waals surface area contributed by atoms with Gasteiger partial charge in [0.25, 0.3) is 0 Å². The van der Waals surface area contributed by atoms with Crippen molar-refractivity contribution >= 4 is 39.1 Å². The van der Waals surface area contributed by atoms with E-state index in [1.165, 1.54) is 24.1 Å². The molecule has 8 nitrogen and oxygen atoms in total. The molecule has 0 aliphatic carbocycles.